The Hall–Kier alpha value is -1.09. The van der Waals surface area contributed by atoms with E-state index in [4.69, 9.17) is 5.11 Å². The number of aliphatic carboxylic acids is 1. The Labute approximate surface area is 181 Å². The predicted molar refractivity (Wildman–Crippen MR) is 128 cm³/mol. The maximum absolute atomic E-state index is 11.1. The lowest BCUT2D eigenvalue weighted by molar-refractivity contribution is -0.138. The van der Waals surface area contributed by atoms with Gasteiger partial charge in [0.25, 0.3) is 0 Å². The third-order valence-electron chi connectivity index (χ3n) is 5.29. The molecule has 29 heavy (non-hydrogen) atoms. The first-order chi connectivity index (χ1) is 14.2. The molecule has 0 aliphatic carbocycles. The molecule has 0 aromatic heterocycles. The minimum absolute atomic E-state index is 0.199. The highest BCUT2D eigenvalue weighted by Gasteiger charge is 2.08. The van der Waals surface area contributed by atoms with Crippen molar-refractivity contribution >= 4 is 5.97 Å². The van der Waals surface area contributed by atoms with Gasteiger partial charge in [0.2, 0.25) is 0 Å². The van der Waals surface area contributed by atoms with Crippen LogP contribution in [0.1, 0.15) is 117 Å². The van der Waals surface area contributed by atoms with Gasteiger partial charge in [-0.1, -0.05) is 89.5 Å². The molecule has 0 unspecified atom stereocenters. The highest BCUT2D eigenvalue weighted by atomic mass is 16.4. The van der Waals surface area contributed by atoms with Gasteiger partial charge in [0, 0.05) is 0 Å². The van der Waals surface area contributed by atoms with E-state index in [0.29, 0.717) is 0 Å². The molecule has 0 fully saturated rings. The Bertz CT molecular complexity index is 374. The summed E-state index contributed by atoms with van der Waals surface area (Å²) in [5.41, 5.74) is 0. The minimum Gasteiger partial charge on any atom is -0.480 e. The number of hydrogen-bond acceptors (Lipinski definition) is 2. The maximum atomic E-state index is 11.1. The zero-order chi connectivity index (χ0) is 21.4. The lowest BCUT2D eigenvalue weighted by atomic mass is 10.1. The molecule has 0 saturated carbocycles. The first-order valence-electron chi connectivity index (χ1n) is 12.4. The molecule has 3 heteroatoms. The van der Waals surface area contributed by atoms with Crippen molar-refractivity contribution in [3.8, 4) is 0 Å². The molecule has 0 rings (SSSR count). The highest BCUT2D eigenvalue weighted by molar-refractivity contribution is 5.69. The largest absolute Gasteiger partial charge is 0.480 e. The molecule has 0 saturated heterocycles. The SMILES string of the molecule is CCC/C=C/CCCCCCCN(CCCCCCC/C=C/CCC)CC(=O)O. The standard InChI is InChI=1S/C26H49NO2/c1-3-5-7-9-11-13-15-17-19-21-23-27(25-26(28)29)24-22-20-18-16-14-12-10-8-6-4-2/h7-10H,3-6,11-25H2,1-2H3,(H,28,29)/b9-7+,10-8+. The maximum Gasteiger partial charge on any atom is 0.317 e. The monoisotopic (exact) mass is 407 g/mol. The summed E-state index contributed by atoms with van der Waals surface area (Å²) in [6, 6.07) is 0. The Balaban J connectivity index is 3.65. The van der Waals surface area contributed by atoms with Gasteiger partial charge in [0.05, 0.1) is 6.54 Å². The third kappa shape index (κ3) is 23.1. The van der Waals surface area contributed by atoms with Crippen molar-refractivity contribution in [2.45, 2.75) is 117 Å². The lowest BCUT2D eigenvalue weighted by Gasteiger charge is -2.20. The number of rotatable bonds is 22. The van der Waals surface area contributed by atoms with E-state index in [9.17, 15) is 4.79 Å². The fourth-order valence-corrected chi connectivity index (χ4v) is 3.52. The van der Waals surface area contributed by atoms with Crippen molar-refractivity contribution in [1.82, 2.24) is 4.90 Å². The van der Waals surface area contributed by atoms with E-state index in [1.165, 1.54) is 89.9 Å². The Morgan fingerprint density at radius 1 is 0.621 bits per heavy atom. The molecule has 0 aliphatic heterocycles. The summed E-state index contributed by atoms with van der Waals surface area (Å²) in [7, 11) is 0. The van der Waals surface area contributed by atoms with Gasteiger partial charge >= 0.3 is 5.97 Å². The summed E-state index contributed by atoms with van der Waals surface area (Å²) in [5, 5.41) is 9.15. The molecule has 1 N–H and O–H groups in total. The van der Waals surface area contributed by atoms with E-state index in [-0.39, 0.29) is 6.54 Å². The van der Waals surface area contributed by atoms with Gasteiger partial charge in [0.15, 0.2) is 0 Å². The molecule has 0 atom stereocenters. The van der Waals surface area contributed by atoms with Crippen LogP contribution in [-0.2, 0) is 4.79 Å². The number of hydrogen-bond donors (Lipinski definition) is 1. The number of unbranched alkanes of at least 4 members (excludes halogenated alkanes) is 12. The molecule has 0 aliphatic rings. The fourth-order valence-electron chi connectivity index (χ4n) is 3.52. The van der Waals surface area contributed by atoms with Crippen molar-refractivity contribution < 1.29 is 9.90 Å². The molecule has 0 radical (unpaired) electrons. The molecule has 170 valence electrons. The summed E-state index contributed by atoms with van der Waals surface area (Å²) < 4.78 is 0. The number of carboxylic acid groups (broad SMARTS) is 1. The second-order valence-electron chi connectivity index (χ2n) is 8.30. The van der Waals surface area contributed by atoms with Gasteiger partial charge in [-0.15, -0.1) is 0 Å². The van der Waals surface area contributed by atoms with E-state index in [2.05, 4.69) is 43.1 Å². The smallest absolute Gasteiger partial charge is 0.317 e. The summed E-state index contributed by atoms with van der Waals surface area (Å²) in [6.07, 6.45) is 28.9. The first kappa shape index (κ1) is 27.9. The highest BCUT2D eigenvalue weighted by Crippen LogP contribution is 2.10. The summed E-state index contributed by atoms with van der Waals surface area (Å²) in [6.45, 7) is 6.50. The number of nitrogens with zero attached hydrogens (tertiary/aromatic N) is 1. The first-order valence-corrected chi connectivity index (χ1v) is 12.4. The number of carboxylic acids is 1. The van der Waals surface area contributed by atoms with Gasteiger partial charge in [-0.3, -0.25) is 9.69 Å². The van der Waals surface area contributed by atoms with Crippen molar-refractivity contribution in [3.63, 3.8) is 0 Å². The van der Waals surface area contributed by atoms with E-state index in [0.717, 1.165) is 25.9 Å². The van der Waals surface area contributed by atoms with E-state index < -0.39 is 5.97 Å². The van der Waals surface area contributed by atoms with Crippen molar-refractivity contribution in [2.24, 2.45) is 0 Å². The van der Waals surface area contributed by atoms with Crippen LogP contribution in [0.4, 0.5) is 0 Å². The molecule has 0 aromatic rings. The zero-order valence-corrected chi connectivity index (χ0v) is 19.5. The number of allylic oxidation sites excluding steroid dienone is 4. The van der Waals surface area contributed by atoms with Crippen LogP contribution >= 0.6 is 0 Å². The van der Waals surface area contributed by atoms with Crippen LogP contribution in [0.2, 0.25) is 0 Å². The molecular formula is C26H49NO2. The third-order valence-corrected chi connectivity index (χ3v) is 5.29. The average Bonchev–Trinajstić information content (AvgIpc) is 2.70. The van der Waals surface area contributed by atoms with Crippen LogP contribution in [0.25, 0.3) is 0 Å². The van der Waals surface area contributed by atoms with Crippen LogP contribution in [0.5, 0.6) is 0 Å². The molecule has 0 spiro atoms. The van der Waals surface area contributed by atoms with Crippen LogP contribution in [0.15, 0.2) is 24.3 Å². The van der Waals surface area contributed by atoms with Gasteiger partial charge in [-0.05, 0) is 64.5 Å². The van der Waals surface area contributed by atoms with Crippen LogP contribution in [-0.4, -0.2) is 35.6 Å². The van der Waals surface area contributed by atoms with Gasteiger partial charge in [0.1, 0.15) is 0 Å². The Morgan fingerprint density at radius 3 is 1.41 bits per heavy atom. The average molecular weight is 408 g/mol. The molecule has 0 heterocycles. The van der Waals surface area contributed by atoms with Crippen LogP contribution in [0.3, 0.4) is 0 Å². The number of carbonyl (C=O) groups is 1. The van der Waals surface area contributed by atoms with Crippen molar-refractivity contribution in [2.75, 3.05) is 19.6 Å². The summed E-state index contributed by atoms with van der Waals surface area (Å²) in [5.74, 6) is -0.692. The van der Waals surface area contributed by atoms with E-state index in [1.807, 2.05) is 0 Å². The lowest BCUT2D eigenvalue weighted by Crippen LogP contribution is -2.31. The van der Waals surface area contributed by atoms with Crippen LogP contribution < -0.4 is 0 Å². The molecule has 0 amide bonds. The second-order valence-corrected chi connectivity index (χ2v) is 8.30. The quantitative estimate of drug-likeness (QED) is 0.147. The molecule has 0 aromatic carbocycles. The normalized spacial score (nSPS) is 12.0. The van der Waals surface area contributed by atoms with Crippen molar-refractivity contribution in [3.05, 3.63) is 24.3 Å². The molecular weight excluding hydrogens is 358 g/mol. The predicted octanol–water partition coefficient (Wildman–Crippen LogP) is 7.77. The van der Waals surface area contributed by atoms with Gasteiger partial charge in [-0.25, -0.2) is 0 Å². The van der Waals surface area contributed by atoms with E-state index in [1.54, 1.807) is 0 Å². The minimum atomic E-state index is -0.692. The molecule has 3 nitrogen and oxygen atoms in total. The second kappa shape index (κ2) is 23.2. The topological polar surface area (TPSA) is 40.5 Å². The van der Waals surface area contributed by atoms with Gasteiger partial charge < -0.3 is 5.11 Å². The molecule has 0 bridgehead atoms. The zero-order valence-electron chi connectivity index (χ0n) is 19.5. The fraction of sp³-hybridized carbons (Fsp3) is 0.808. The Morgan fingerprint density at radius 2 is 1.00 bits per heavy atom. The summed E-state index contributed by atoms with van der Waals surface area (Å²) in [4.78, 5) is 13.3. The summed E-state index contributed by atoms with van der Waals surface area (Å²) >= 11 is 0. The van der Waals surface area contributed by atoms with Crippen LogP contribution in [0, 0.1) is 0 Å². The Kier molecular flexibility index (Phi) is 22.3. The van der Waals surface area contributed by atoms with Crippen molar-refractivity contribution in [1.29, 1.82) is 0 Å². The van der Waals surface area contributed by atoms with E-state index >= 15 is 0 Å². The van der Waals surface area contributed by atoms with Gasteiger partial charge in [-0.2, -0.15) is 0 Å².